The van der Waals surface area contributed by atoms with Crippen LogP contribution in [0.3, 0.4) is 0 Å². The van der Waals surface area contributed by atoms with Crippen molar-refractivity contribution in [3.63, 3.8) is 0 Å². The maximum Gasteiger partial charge on any atom is 0.262 e. The Morgan fingerprint density at radius 3 is 3.12 bits per heavy atom. The smallest absolute Gasteiger partial charge is 0.262 e. The van der Waals surface area contributed by atoms with Gasteiger partial charge in [0.15, 0.2) is 6.61 Å². The van der Waals surface area contributed by atoms with Gasteiger partial charge in [0.05, 0.1) is 6.61 Å². The summed E-state index contributed by atoms with van der Waals surface area (Å²) in [5, 5.41) is 0. The topological polar surface area (TPSA) is 38.8 Å². The van der Waals surface area contributed by atoms with E-state index in [4.69, 9.17) is 9.47 Å². The second-order valence-electron chi connectivity index (χ2n) is 3.80. The third-order valence-electron chi connectivity index (χ3n) is 2.46. The molecule has 0 bridgehead atoms. The van der Waals surface area contributed by atoms with Gasteiger partial charge in [-0.3, -0.25) is 4.79 Å². The van der Waals surface area contributed by atoms with Crippen LogP contribution in [0.2, 0.25) is 0 Å². The van der Waals surface area contributed by atoms with Crippen molar-refractivity contribution in [1.82, 2.24) is 4.90 Å². The van der Waals surface area contributed by atoms with Crippen LogP contribution >= 0.6 is 0 Å². The van der Waals surface area contributed by atoms with Gasteiger partial charge in [0.1, 0.15) is 12.5 Å². The normalized spacial score (nSPS) is 15.2. The van der Waals surface area contributed by atoms with Gasteiger partial charge in [0.2, 0.25) is 0 Å². The third-order valence-corrected chi connectivity index (χ3v) is 2.46. The van der Waals surface area contributed by atoms with E-state index in [-0.39, 0.29) is 12.5 Å². The second kappa shape index (κ2) is 4.99. The summed E-state index contributed by atoms with van der Waals surface area (Å²) < 4.78 is 10.5. The fraction of sp³-hybridized carbons (Fsp3) is 0.417. The number of aryl methyl sites for hydroxylation is 1. The highest BCUT2D eigenvalue weighted by Crippen LogP contribution is 2.12. The summed E-state index contributed by atoms with van der Waals surface area (Å²) >= 11 is 0. The third kappa shape index (κ3) is 2.73. The largest absolute Gasteiger partial charge is 0.484 e. The molecule has 1 heterocycles. The van der Waals surface area contributed by atoms with E-state index in [2.05, 4.69) is 0 Å². The van der Waals surface area contributed by atoms with Crippen molar-refractivity contribution < 1.29 is 14.3 Å². The molecule has 0 N–H and O–H groups in total. The average Bonchev–Trinajstić information content (AvgIpc) is 2.79. The van der Waals surface area contributed by atoms with Gasteiger partial charge < -0.3 is 14.4 Å². The highest BCUT2D eigenvalue weighted by atomic mass is 16.5. The molecule has 1 aliphatic rings. The molecule has 0 saturated carbocycles. The number of carbonyl (C=O) groups is 1. The van der Waals surface area contributed by atoms with Crippen LogP contribution in [0.4, 0.5) is 0 Å². The summed E-state index contributed by atoms with van der Waals surface area (Å²) in [6.45, 7) is 3.73. The molecule has 0 aliphatic carbocycles. The lowest BCUT2D eigenvalue weighted by Crippen LogP contribution is -2.32. The molecule has 2 rings (SSSR count). The van der Waals surface area contributed by atoms with Crippen LogP contribution in [0.5, 0.6) is 5.75 Å². The van der Waals surface area contributed by atoms with Crippen molar-refractivity contribution in [2.45, 2.75) is 6.92 Å². The minimum absolute atomic E-state index is 0.0287. The Bertz CT molecular complexity index is 372. The maximum atomic E-state index is 11.6. The summed E-state index contributed by atoms with van der Waals surface area (Å²) in [6.07, 6.45) is 0. The highest BCUT2D eigenvalue weighted by Gasteiger charge is 2.18. The van der Waals surface area contributed by atoms with Crippen LogP contribution < -0.4 is 4.74 Å². The molecule has 0 atom stereocenters. The lowest BCUT2D eigenvalue weighted by atomic mass is 10.2. The van der Waals surface area contributed by atoms with E-state index in [1.165, 1.54) is 0 Å². The van der Waals surface area contributed by atoms with Crippen LogP contribution in [0.15, 0.2) is 24.3 Å². The maximum absolute atomic E-state index is 11.6. The Morgan fingerprint density at radius 2 is 2.44 bits per heavy atom. The van der Waals surface area contributed by atoms with E-state index >= 15 is 0 Å². The number of benzene rings is 1. The van der Waals surface area contributed by atoms with E-state index in [0.717, 1.165) is 11.3 Å². The molecule has 1 aromatic rings. The summed E-state index contributed by atoms with van der Waals surface area (Å²) in [5.41, 5.74) is 1.12. The standard InChI is InChI=1S/C12H15NO3/c1-10-3-2-4-11(7-10)16-8-12(14)13-5-6-15-9-13/h2-4,7H,5-6,8-9H2,1H3. The summed E-state index contributed by atoms with van der Waals surface area (Å²) in [6, 6.07) is 7.66. The molecule has 0 aromatic heterocycles. The van der Waals surface area contributed by atoms with Crippen LogP contribution in [0.1, 0.15) is 5.56 Å². The zero-order valence-electron chi connectivity index (χ0n) is 9.31. The number of nitrogens with zero attached hydrogens (tertiary/aromatic N) is 1. The zero-order valence-corrected chi connectivity index (χ0v) is 9.31. The van der Waals surface area contributed by atoms with Crippen molar-refractivity contribution >= 4 is 5.91 Å². The van der Waals surface area contributed by atoms with Gasteiger partial charge in [-0.1, -0.05) is 12.1 Å². The van der Waals surface area contributed by atoms with Gasteiger partial charge in [-0.25, -0.2) is 0 Å². The predicted octanol–water partition coefficient (Wildman–Crippen LogP) is 1.19. The van der Waals surface area contributed by atoms with Crippen molar-refractivity contribution in [3.8, 4) is 5.75 Å². The molecule has 1 fully saturated rings. The minimum atomic E-state index is -0.0287. The number of rotatable bonds is 3. The quantitative estimate of drug-likeness (QED) is 0.769. The summed E-state index contributed by atoms with van der Waals surface area (Å²) in [4.78, 5) is 13.3. The fourth-order valence-electron chi connectivity index (χ4n) is 1.55. The van der Waals surface area contributed by atoms with Crippen molar-refractivity contribution in [3.05, 3.63) is 29.8 Å². The summed E-state index contributed by atoms with van der Waals surface area (Å²) in [5.74, 6) is 0.701. The molecule has 4 heteroatoms. The first-order chi connectivity index (χ1) is 7.75. The van der Waals surface area contributed by atoms with Crippen LogP contribution in [0.25, 0.3) is 0 Å². The number of carbonyl (C=O) groups excluding carboxylic acids is 1. The Morgan fingerprint density at radius 1 is 1.56 bits per heavy atom. The Labute approximate surface area is 94.8 Å². The predicted molar refractivity (Wildman–Crippen MR) is 59.2 cm³/mol. The van der Waals surface area contributed by atoms with E-state index < -0.39 is 0 Å². The molecule has 86 valence electrons. The van der Waals surface area contributed by atoms with E-state index in [1.807, 2.05) is 31.2 Å². The van der Waals surface area contributed by atoms with E-state index in [9.17, 15) is 4.79 Å². The number of ether oxygens (including phenoxy) is 2. The first-order valence-electron chi connectivity index (χ1n) is 5.31. The SMILES string of the molecule is Cc1cccc(OCC(=O)N2CCOC2)c1. The van der Waals surface area contributed by atoms with E-state index in [0.29, 0.717) is 19.9 Å². The number of hydrogen-bond acceptors (Lipinski definition) is 3. The molecule has 4 nitrogen and oxygen atoms in total. The van der Waals surface area contributed by atoms with Crippen molar-refractivity contribution in [2.75, 3.05) is 26.5 Å². The minimum Gasteiger partial charge on any atom is -0.484 e. The summed E-state index contributed by atoms with van der Waals surface area (Å²) in [7, 11) is 0. The number of amides is 1. The van der Waals surface area contributed by atoms with Gasteiger partial charge >= 0.3 is 0 Å². The van der Waals surface area contributed by atoms with Gasteiger partial charge in [-0.05, 0) is 24.6 Å². The van der Waals surface area contributed by atoms with E-state index in [1.54, 1.807) is 4.90 Å². The molecule has 1 amide bonds. The first-order valence-corrected chi connectivity index (χ1v) is 5.31. The average molecular weight is 221 g/mol. The molecule has 1 aromatic carbocycles. The van der Waals surface area contributed by atoms with Gasteiger partial charge in [0.25, 0.3) is 5.91 Å². The van der Waals surface area contributed by atoms with Crippen LogP contribution in [-0.4, -0.2) is 37.3 Å². The Balaban J connectivity index is 1.84. The van der Waals surface area contributed by atoms with Crippen LogP contribution in [-0.2, 0) is 9.53 Å². The van der Waals surface area contributed by atoms with Crippen LogP contribution in [0, 0.1) is 6.92 Å². The monoisotopic (exact) mass is 221 g/mol. The molecule has 16 heavy (non-hydrogen) atoms. The van der Waals surface area contributed by atoms with Gasteiger partial charge in [0, 0.05) is 6.54 Å². The molecular weight excluding hydrogens is 206 g/mol. The van der Waals surface area contributed by atoms with Gasteiger partial charge in [-0.2, -0.15) is 0 Å². The lowest BCUT2D eigenvalue weighted by Gasteiger charge is -2.14. The Hall–Kier alpha value is -1.55. The molecule has 0 unspecified atom stereocenters. The highest BCUT2D eigenvalue weighted by molar-refractivity contribution is 5.77. The van der Waals surface area contributed by atoms with Gasteiger partial charge in [-0.15, -0.1) is 0 Å². The second-order valence-corrected chi connectivity index (χ2v) is 3.80. The molecule has 1 aliphatic heterocycles. The molecule has 1 saturated heterocycles. The molecule has 0 spiro atoms. The van der Waals surface area contributed by atoms with Crippen molar-refractivity contribution in [2.24, 2.45) is 0 Å². The molecule has 0 radical (unpaired) electrons. The first kappa shape index (κ1) is 11.0. The van der Waals surface area contributed by atoms with Crippen molar-refractivity contribution in [1.29, 1.82) is 0 Å². The Kier molecular flexibility index (Phi) is 3.41. The zero-order chi connectivity index (χ0) is 11.4. The lowest BCUT2D eigenvalue weighted by molar-refractivity contribution is -0.133. The fourth-order valence-corrected chi connectivity index (χ4v) is 1.55. The number of hydrogen-bond donors (Lipinski definition) is 0. The molecular formula is C12H15NO3.